The van der Waals surface area contributed by atoms with Gasteiger partial charge in [-0.05, 0) is 42.8 Å². The van der Waals surface area contributed by atoms with E-state index in [0.717, 1.165) is 17.5 Å². The summed E-state index contributed by atoms with van der Waals surface area (Å²) in [7, 11) is 0. The number of aromatic nitrogens is 2. The average molecular weight is 455 g/mol. The fourth-order valence-electron chi connectivity index (χ4n) is 4.23. The maximum atomic E-state index is 12.9. The van der Waals surface area contributed by atoms with Crippen LogP contribution in [0.3, 0.4) is 0 Å². The summed E-state index contributed by atoms with van der Waals surface area (Å²) in [6, 6.07) is 14.5. The molecule has 0 spiro atoms. The first-order valence-electron chi connectivity index (χ1n) is 11.0. The van der Waals surface area contributed by atoms with Crippen molar-refractivity contribution in [3.05, 3.63) is 69.6 Å². The van der Waals surface area contributed by atoms with E-state index in [-0.39, 0.29) is 23.9 Å². The second-order valence-electron chi connectivity index (χ2n) is 8.00. The van der Waals surface area contributed by atoms with E-state index >= 15 is 0 Å². The number of fused-ring (bicyclic) bond motifs is 1. The molecule has 168 valence electrons. The van der Waals surface area contributed by atoms with E-state index in [4.69, 9.17) is 11.6 Å². The first-order chi connectivity index (χ1) is 15.5. The molecule has 1 aliphatic heterocycles. The second kappa shape index (κ2) is 9.61. The van der Waals surface area contributed by atoms with Crippen molar-refractivity contribution in [3.8, 4) is 0 Å². The Morgan fingerprint density at radius 2 is 1.41 bits per heavy atom. The molecule has 0 bridgehead atoms. The third kappa shape index (κ3) is 4.43. The molecule has 1 fully saturated rings. The number of benzene rings is 2. The van der Waals surface area contributed by atoms with Crippen molar-refractivity contribution in [2.45, 2.75) is 32.9 Å². The van der Waals surface area contributed by atoms with E-state index in [1.165, 1.54) is 0 Å². The number of carbonyl (C=O) groups is 2. The SMILES string of the molecule is CCCn1c(=O)n(CCC(=O)N2CCN(C(=O)c3ccc(Cl)cc3)CC2)c2ccccc21. The highest BCUT2D eigenvalue weighted by atomic mass is 35.5. The third-order valence-electron chi connectivity index (χ3n) is 5.93. The molecule has 8 heteroatoms. The Kier molecular flexibility index (Phi) is 6.65. The van der Waals surface area contributed by atoms with Crippen molar-refractivity contribution in [3.63, 3.8) is 0 Å². The minimum atomic E-state index is -0.0702. The second-order valence-corrected chi connectivity index (χ2v) is 8.44. The summed E-state index contributed by atoms with van der Waals surface area (Å²) < 4.78 is 3.48. The Morgan fingerprint density at radius 1 is 0.844 bits per heavy atom. The molecule has 1 saturated heterocycles. The molecule has 0 atom stereocenters. The summed E-state index contributed by atoms with van der Waals surface area (Å²) >= 11 is 5.90. The standard InChI is InChI=1S/C24H27ClN4O3/c1-2-12-28-20-5-3-4-6-21(20)29(24(28)32)13-11-22(30)26-14-16-27(17-15-26)23(31)18-7-9-19(25)10-8-18/h3-10H,2,11-17H2,1H3. The van der Waals surface area contributed by atoms with Gasteiger partial charge in [-0.3, -0.25) is 18.7 Å². The smallest absolute Gasteiger partial charge is 0.329 e. The summed E-state index contributed by atoms with van der Waals surface area (Å²) in [5.74, 6) is -0.0492. The maximum Gasteiger partial charge on any atom is 0.329 e. The van der Waals surface area contributed by atoms with Gasteiger partial charge in [0.05, 0.1) is 11.0 Å². The monoisotopic (exact) mass is 454 g/mol. The van der Waals surface area contributed by atoms with E-state index in [0.29, 0.717) is 49.9 Å². The first-order valence-corrected chi connectivity index (χ1v) is 11.4. The maximum absolute atomic E-state index is 12.9. The highest BCUT2D eigenvalue weighted by Gasteiger charge is 2.25. The molecule has 32 heavy (non-hydrogen) atoms. The number of aryl methyl sites for hydroxylation is 2. The summed E-state index contributed by atoms with van der Waals surface area (Å²) in [6.45, 7) is 5.00. The van der Waals surface area contributed by atoms with Gasteiger partial charge in [0, 0.05) is 56.3 Å². The molecule has 3 aromatic rings. The Bertz CT molecular complexity index is 1170. The predicted molar refractivity (Wildman–Crippen MR) is 125 cm³/mol. The molecule has 0 unspecified atom stereocenters. The lowest BCUT2D eigenvalue weighted by Crippen LogP contribution is -2.50. The molecule has 0 saturated carbocycles. The molecule has 7 nitrogen and oxygen atoms in total. The normalized spacial score (nSPS) is 14.2. The number of nitrogens with zero attached hydrogens (tertiary/aromatic N) is 4. The lowest BCUT2D eigenvalue weighted by Gasteiger charge is -2.35. The molecule has 2 amide bonds. The lowest BCUT2D eigenvalue weighted by atomic mass is 10.2. The van der Waals surface area contributed by atoms with Crippen LogP contribution in [0, 0.1) is 0 Å². The van der Waals surface area contributed by atoms with Gasteiger partial charge in [0.15, 0.2) is 0 Å². The van der Waals surface area contributed by atoms with Crippen LogP contribution in [0.15, 0.2) is 53.3 Å². The van der Waals surface area contributed by atoms with Gasteiger partial charge in [-0.2, -0.15) is 0 Å². The lowest BCUT2D eigenvalue weighted by molar-refractivity contribution is -0.132. The molecule has 1 aliphatic rings. The molecular weight excluding hydrogens is 428 g/mol. The van der Waals surface area contributed by atoms with Crippen LogP contribution in [-0.4, -0.2) is 56.9 Å². The number of para-hydroxylation sites is 2. The quantitative estimate of drug-likeness (QED) is 0.574. The number of halogens is 1. The van der Waals surface area contributed by atoms with Gasteiger partial charge in [-0.25, -0.2) is 4.79 Å². The van der Waals surface area contributed by atoms with Gasteiger partial charge < -0.3 is 9.80 Å². The molecule has 2 heterocycles. The van der Waals surface area contributed by atoms with Crippen molar-refractivity contribution in [1.29, 1.82) is 0 Å². The first kappa shape index (κ1) is 22.1. The van der Waals surface area contributed by atoms with Gasteiger partial charge >= 0.3 is 5.69 Å². The minimum Gasteiger partial charge on any atom is -0.339 e. The van der Waals surface area contributed by atoms with Crippen LogP contribution in [-0.2, 0) is 17.9 Å². The van der Waals surface area contributed by atoms with Crippen molar-refractivity contribution >= 4 is 34.4 Å². The number of carbonyl (C=O) groups excluding carboxylic acids is 2. The summed E-state index contributed by atoms with van der Waals surface area (Å²) in [4.78, 5) is 41.9. The number of piperazine rings is 1. The highest BCUT2D eigenvalue weighted by Crippen LogP contribution is 2.16. The van der Waals surface area contributed by atoms with Gasteiger partial charge in [0.2, 0.25) is 5.91 Å². The Balaban J connectivity index is 1.37. The number of hydrogen-bond donors (Lipinski definition) is 0. The van der Waals surface area contributed by atoms with E-state index in [2.05, 4.69) is 0 Å². The summed E-state index contributed by atoms with van der Waals surface area (Å²) in [6.07, 6.45) is 1.12. The average Bonchev–Trinajstić information content (AvgIpc) is 3.09. The Labute approximate surface area is 191 Å². The minimum absolute atomic E-state index is 0.00261. The van der Waals surface area contributed by atoms with Crippen molar-refractivity contribution in [2.75, 3.05) is 26.2 Å². The van der Waals surface area contributed by atoms with Crippen LogP contribution < -0.4 is 5.69 Å². The molecule has 0 radical (unpaired) electrons. The van der Waals surface area contributed by atoms with Gasteiger partial charge in [-0.15, -0.1) is 0 Å². The van der Waals surface area contributed by atoms with Crippen molar-refractivity contribution < 1.29 is 9.59 Å². The number of hydrogen-bond acceptors (Lipinski definition) is 3. The van der Waals surface area contributed by atoms with Crippen LogP contribution >= 0.6 is 11.6 Å². The third-order valence-corrected chi connectivity index (χ3v) is 6.18. The topological polar surface area (TPSA) is 67.6 Å². The van der Waals surface area contributed by atoms with E-state index in [9.17, 15) is 14.4 Å². The number of imidazole rings is 1. The fourth-order valence-corrected chi connectivity index (χ4v) is 4.35. The Morgan fingerprint density at radius 3 is 2.00 bits per heavy atom. The molecular formula is C24H27ClN4O3. The highest BCUT2D eigenvalue weighted by molar-refractivity contribution is 6.30. The van der Waals surface area contributed by atoms with E-state index < -0.39 is 0 Å². The molecule has 0 N–H and O–H groups in total. The summed E-state index contributed by atoms with van der Waals surface area (Å²) in [5, 5.41) is 0.592. The van der Waals surface area contributed by atoms with Gasteiger partial charge in [0.1, 0.15) is 0 Å². The number of rotatable bonds is 6. The van der Waals surface area contributed by atoms with Crippen LogP contribution in [0.2, 0.25) is 5.02 Å². The number of amides is 2. The van der Waals surface area contributed by atoms with Crippen molar-refractivity contribution in [2.24, 2.45) is 0 Å². The predicted octanol–water partition coefficient (Wildman–Crippen LogP) is 3.24. The largest absolute Gasteiger partial charge is 0.339 e. The molecule has 0 aliphatic carbocycles. The fraction of sp³-hybridized carbons (Fsp3) is 0.375. The molecule has 1 aromatic heterocycles. The van der Waals surface area contributed by atoms with Crippen molar-refractivity contribution in [1.82, 2.24) is 18.9 Å². The zero-order valence-electron chi connectivity index (χ0n) is 18.2. The van der Waals surface area contributed by atoms with Crippen LogP contribution in [0.25, 0.3) is 11.0 Å². The van der Waals surface area contributed by atoms with Crippen LogP contribution in [0.1, 0.15) is 30.1 Å². The van der Waals surface area contributed by atoms with Crippen LogP contribution in [0.5, 0.6) is 0 Å². The summed E-state index contributed by atoms with van der Waals surface area (Å²) in [5.41, 5.74) is 2.29. The zero-order chi connectivity index (χ0) is 22.7. The van der Waals surface area contributed by atoms with Gasteiger partial charge in [-0.1, -0.05) is 30.7 Å². The van der Waals surface area contributed by atoms with Gasteiger partial charge in [0.25, 0.3) is 5.91 Å². The molecule has 2 aromatic carbocycles. The van der Waals surface area contributed by atoms with E-state index in [1.807, 2.05) is 31.2 Å². The molecule has 4 rings (SSSR count). The van der Waals surface area contributed by atoms with E-state index in [1.54, 1.807) is 43.2 Å². The van der Waals surface area contributed by atoms with Crippen LogP contribution in [0.4, 0.5) is 0 Å². The Hall–Kier alpha value is -3.06. The zero-order valence-corrected chi connectivity index (χ0v) is 18.9.